The number of carbonyl (C=O) groups is 1. The van der Waals surface area contributed by atoms with Gasteiger partial charge in [-0.25, -0.2) is 4.79 Å². The Bertz CT molecular complexity index is 648. The second kappa shape index (κ2) is 6.75. The molecule has 23 heavy (non-hydrogen) atoms. The Kier molecular flexibility index (Phi) is 4.53. The number of nitrogens with zero attached hydrogens (tertiary/aromatic N) is 1. The Balaban J connectivity index is 2.12. The van der Waals surface area contributed by atoms with Crippen LogP contribution in [0.1, 0.15) is 24.0 Å². The normalized spacial score (nSPS) is 16.5. The van der Waals surface area contributed by atoms with Crippen LogP contribution in [0.15, 0.2) is 65.7 Å². The molecule has 2 aromatic carbocycles. The second-order valence-corrected chi connectivity index (χ2v) is 5.64. The molecule has 0 atom stereocenters. The maximum absolute atomic E-state index is 11.9. The van der Waals surface area contributed by atoms with E-state index in [2.05, 4.69) is 0 Å². The van der Waals surface area contributed by atoms with E-state index < -0.39 is 11.5 Å². The number of aliphatic imine (C=N–C) groups is 1. The third-order valence-electron chi connectivity index (χ3n) is 4.14. The van der Waals surface area contributed by atoms with Crippen LogP contribution in [0.4, 0.5) is 0 Å². The minimum absolute atomic E-state index is 0.394. The molecule has 4 nitrogen and oxygen atoms in total. The van der Waals surface area contributed by atoms with E-state index >= 15 is 0 Å². The predicted octanol–water partition coefficient (Wildman–Crippen LogP) is 3.16. The fourth-order valence-electron chi connectivity index (χ4n) is 2.78. The molecule has 0 bridgehead atoms. The van der Waals surface area contributed by atoms with Crippen LogP contribution in [0.3, 0.4) is 0 Å². The van der Waals surface area contributed by atoms with Gasteiger partial charge in [0.15, 0.2) is 5.54 Å². The number of carboxylic acids is 1. The van der Waals surface area contributed by atoms with Crippen molar-refractivity contribution in [3.63, 3.8) is 0 Å². The van der Waals surface area contributed by atoms with Gasteiger partial charge < -0.3 is 9.84 Å². The molecule has 2 aromatic rings. The molecule has 1 fully saturated rings. The molecule has 0 aliphatic carbocycles. The monoisotopic (exact) mass is 309 g/mol. The van der Waals surface area contributed by atoms with Crippen LogP contribution in [-0.2, 0) is 9.53 Å². The van der Waals surface area contributed by atoms with E-state index in [1.807, 2.05) is 60.7 Å². The van der Waals surface area contributed by atoms with Crippen molar-refractivity contribution in [3.05, 3.63) is 71.8 Å². The van der Waals surface area contributed by atoms with Crippen LogP contribution in [0.25, 0.3) is 0 Å². The maximum Gasteiger partial charge on any atom is 0.331 e. The van der Waals surface area contributed by atoms with E-state index in [4.69, 9.17) is 9.73 Å². The van der Waals surface area contributed by atoms with Crippen molar-refractivity contribution in [2.24, 2.45) is 4.99 Å². The first-order valence-electron chi connectivity index (χ1n) is 7.73. The molecular weight excluding hydrogens is 290 g/mol. The summed E-state index contributed by atoms with van der Waals surface area (Å²) >= 11 is 0. The van der Waals surface area contributed by atoms with Crippen molar-refractivity contribution in [1.29, 1.82) is 0 Å². The van der Waals surface area contributed by atoms with E-state index in [9.17, 15) is 9.90 Å². The molecule has 0 amide bonds. The van der Waals surface area contributed by atoms with Gasteiger partial charge >= 0.3 is 5.97 Å². The first-order chi connectivity index (χ1) is 11.2. The van der Waals surface area contributed by atoms with Gasteiger partial charge in [-0.15, -0.1) is 0 Å². The summed E-state index contributed by atoms with van der Waals surface area (Å²) in [4.78, 5) is 16.7. The number of hydrogen-bond acceptors (Lipinski definition) is 3. The summed E-state index contributed by atoms with van der Waals surface area (Å²) in [5.41, 5.74) is 1.45. The molecule has 1 N–H and O–H groups in total. The van der Waals surface area contributed by atoms with Crippen LogP contribution in [0.2, 0.25) is 0 Å². The van der Waals surface area contributed by atoms with E-state index in [1.54, 1.807) is 0 Å². The Hall–Kier alpha value is -2.46. The number of aliphatic carboxylic acids is 1. The maximum atomic E-state index is 11.9. The molecule has 1 aliphatic rings. The number of benzene rings is 2. The summed E-state index contributed by atoms with van der Waals surface area (Å²) < 4.78 is 5.34. The molecule has 0 unspecified atom stereocenters. The lowest BCUT2D eigenvalue weighted by molar-refractivity contribution is -0.146. The number of hydrogen-bond donors (Lipinski definition) is 1. The van der Waals surface area contributed by atoms with E-state index in [0.717, 1.165) is 16.8 Å². The number of rotatable bonds is 4. The van der Waals surface area contributed by atoms with Gasteiger partial charge in [0.05, 0.1) is 5.71 Å². The smallest absolute Gasteiger partial charge is 0.331 e. The lowest BCUT2D eigenvalue weighted by Gasteiger charge is -2.30. The van der Waals surface area contributed by atoms with Crippen molar-refractivity contribution < 1.29 is 14.6 Å². The summed E-state index contributed by atoms with van der Waals surface area (Å²) in [7, 11) is 0. The number of ether oxygens (including phenoxy) is 1. The summed E-state index contributed by atoms with van der Waals surface area (Å²) in [5, 5.41) is 9.77. The van der Waals surface area contributed by atoms with Crippen molar-refractivity contribution in [2.45, 2.75) is 18.4 Å². The largest absolute Gasteiger partial charge is 0.479 e. The third-order valence-corrected chi connectivity index (χ3v) is 4.14. The molecule has 1 heterocycles. The topological polar surface area (TPSA) is 58.9 Å². The van der Waals surface area contributed by atoms with Gasteiger partial charge in [0, 0.05) is 37.2 Å². The van der Waals surface area contributed by atoms with E-state index in [1.165, 1.54) is 0 Å². The van der Waals surface area contributed by atoms with Gasteiger partial charge in [0.1, 0.15) is 0 Å². The SMILES string of the molecule is O=C(O)C1(N=C(c2ccccc2)c2ccccc2)CCOCC1. The van der Waals surface area contributed by atoms with Gasteiger partial charge in [0.2, 0.25) is 0 Å². The highest BCUT2D eigenvalue weighted by Gasteiger charge is 2.40. The minimum atomic E-state index is -1.11. The van der Waals surface area contributed by atoms with Crippen LogP contribution in [-0.4, -0.2) is 35.5 Å². The fraction of sp³-hybridized carbons (Fsp3) is 0.263. The average Bonchev–Trinajstić information content (AvgIpc) is 2.62. The van der Waals surface area contributed by atoms with Gasteiger partial charge in [-0.05, 0) is 0 Å². The highest BCUT2D eigenvalue weighted by atomic mass is 16.5. The first kappa shape index (κ1) is 15.4. The second-order valence-electron chi connectivity index (χ2n) is 5.64. The lowest BCUT2D eigenvalue weighted by atomic mass is 9.89. The Morgan fingerprint density at radius 1 is 0.913 bits per heavy atom. The Morgan fingerprint density at radius 3 is 1.83 bits per heavy atom. The molecular formula is C19H19NO3. The molecule has 1 saturated heterocycles. The van der Waals surface area contributed by atoms with Crippen molar-refractivity contribution >= 4 is 11.7 Å². The summed E-state index contributed by atoms with van der Waals surface area (Å²) in [6.07, 6.45) is 0.789. The zero-order valence-electron chi connectivity index (χ0n) is 12.8. The summed E-state index contributed by atoms with van der Waals surface area (Å²) in [6.45, 7) is 0.847. The van der Waals surface area contributed by atoms with Gasteiger partial charge in [-0.2, -0.15) is 0 Å². The third kappa shape index (κ3) is 3.32. The van der Waals surface area contributed by atoms with Crippen molar-refractivity contribution in [1.82, 2.24) is 0 Å². The van der Waals surface area contributed by atoms with E-state index in [0.29, 0.717) is 26.1 Å². The van der Waals surface area contributed by atoms with Gasteiger partial charge in [-0.1, -0.05) is 60.7 Å². The molecule has 0 saturated carbocycles. The van der Waals surface area contributed by atoms with Crippen molar-refractivity contribution in [2.75, 3.05) is 13.2 Å². The summed E-state index contributed by atoms with van der Waals surface area (Å²) in [6, 6.07) is 19.5. The van der Waals surface area contributed by atoms with Crippen LogP contribution in [0.5, 0.6) is 0 Å². The zero-order chi connectivity index (χ0) is 16.1. The average molecular weight is 309 g/mol. The fourth-order valence-corrected chi connectivity index (χ4v) is 2.78. The number of carboxylic acid groups (broad SMARTS) is 1. The quantitative estimate of drug-likeness (QED) is 0.883. The molecule has 118 valence electrons. The Labute approximate surface area is 135 Å². The van der Waals surface area contributed by atoms with Crippen LogP contribution >= 0.6 is 0 Å². The molecule has 4 heteroatoms. The zero-order valence-corrected chi connectivity index (χ0v) is 12.8. The predicted molar refractivity (Wildman–Crippen MR) is 88.9 cm³/mol. The minimum Gasteiger partial charge on any atom is -0.479 e. The lowest BCUT2D eigenvalue weighted by Crippen LogP contribution is -2.43. The van der Waals surface area contributed by atoms with Crippen molar-refractivity contribution in [3.8, 4) is 0 Å². The Morgan fingerprint density at radius 2 is 1.39 bits per heavy atom. The first-order valence-corrected chi connectivity index (χ1v) is 7.73. The summed E-state index contributed by atoms with van der Waals surface area (Å²) in [5.74, 6) is -0.884. The molecule has 0 aromatic heterocycles. The molecule has 3 rings (SSSR count). The highest BCUT2D eigenvalue weighted by molar-refractivity contribution is 6.13. The van der Waals surface area contributed by atoms with E-state index in [-0.39, 0.29) is 0 Å². The molecule has 0 radical (unpaired) electrons. The van der Waals surface area contributed by atoms with Gasteiger partial charge in [-0.3, -0.25) is 4.99 Å². The van der Waals surface area contributed by atoms with Crippen LogP contribution < -0.4 is 0 Å². The highest BCUT2D eigenvalue weighted by Crippen LogP contribution is 2.28. The molecule has 1 aliphatic heterocycles. The molecule has 0 spiro atoms. The van der Waals surface area contributed by atoms with Crippen LogP contribution in [0, 0.1) is 0 Å². The standard InChI is InChI=1S/C19H19NO3/c21-18(22)19(11-13-23-14-12-19)20-17(15-7-3-1-4-8-15)16-9-5-2-6-10-16/h1-10H,11-14H2,(H,21,22). The van der Waals surface area contributed by atoms with Gasteiger partial charge in [0.25, 0.3) is 0 Å².